The van der Waals surface area contributed by atoms with Gasteiger partial charge in [0.15, 0.2) is 0 Å². The molecule has 5 nitrogen and oxygen atoms in total. The molecule has 1 aromatic rings. The molecule has 0 aromatic heterocycles. The highest BCUT2D eigenvalue weighted by Gasteiger charge is 2.26. The first-order valence-electron chi connectivity index (χ1n) is 8.40. The molecular formula is C18H27N3O2. The third-order valence-electron chi connectivity index (χ3n) is 4.31. The van der Waals surface area contributed by atoms with Gasteiger partial charge in [-0.15, -0.1) is 0 Å². The fourth-order valence-corrected chi connectivity index (χ4v) is 2.89. The molecule has 1 aliphatic rings. The van der Waals surface area contributed by atoms with Crippen LogP contribution >= 0.6 is 0 Å². The van der Waals surface area contributed by atoms with Crippen molar-refractivity contribution in [2.24, 2.45) is 5.73 Å². The van der Waals surface area contributed by atoms with E-state index < -0.39 is 5.54 Å². The van der Waals surface area contributed by atoms with E-state index in [1.165, 1.54) is 0 Å². The summed E-state index contributed by atoms with van der Waals surface area (Å²) in [5, 5.41) is 2.89. The van der Waals surface area contributed by atoms with Crippen molar-refractivity contribution in [3.8, 4) is 0 Å². The van der Waals surface area contributed by atoms with Gasteiger partial charge in [-0.05, 0) is 43.9 Å². The molecule has 23 heavy (non-hydrogen) atoms. The summed E-state index contributed by atoms with van der Waals surface area (Å²) in [6, 6.07) is 7.78. The summed E-state index contributed by atoms with van der Waals surface area (Å²) < 4.78 is 0. The van der Waals surface area contributed by atoms with Gasteiger partial charge < -0.3 is 16.0 Å². The molecule has 0 saturated carbocycles. The zero-order chi connectivity index (χ0) is 16.9. The van der Waals surface area contributed by atoms with Crippen LogP contribution in [0.4, 0.5) is 5.69 Å². The van der Waals surface area contributed by atoms with Crippen molar-refractivity contribution in [1.29, 1.82) is 0 Å². The summed E-state index contributed by atoms with van der Waals surface area (Å²) >= 11 is 0. The minimum atomic E-state index is -0.824. The number of nitrogens with zero attached hydrogens (tertiary/aromatic N) is 1. The third-order valence-corrected chi connectivity index (χ3v) is 4.31. The van der Waals surface area contributed by atoms with Crippen LogP contribution in [0.2, 0.25) is 0 Å². The van der Waals surface area contributed by atoms with E-state index in [1.54, 1.807) is 6.92 Å². The van der Waals surface area contributed by atoms with Crippen molar-refractivity contribution in [2.75, 3.05) is 11.4 Å². The molecule has 1 aromatic carbocycles. The average molecular weight is 317 g/mol. The average Bonchev–Trinajstić information content (AvgIpc) is 2.53. The second kappa shape index (κ2) is 7.59. The Kier molecular flexibility index (Phi) is 5.77. The molecule has 1 atom stereocenters. The molecule has 126 valence electrons. The maximum atomic E-state index is 12.1. The number of piperidine rings is 1. The number of hydrogen-bond donors (Lipinski definition) is 2. The Bertz CT molecular complexity index is 552. The van der Waals surface area contributed by atoms with Crippen LogP contribution in [0.1, 0.15) is 51.5 Å². The van der Waals surface area contributed by atoms with Gasteiger partial charge >= 0.3 is 0 Å². The van der Waals surface area contributed by atoms with Crippen LogP contribution in [0.15, 0.2) is 24.3 Å². The first-order chi connectivity index (χ1) is 10.9. The second-order valence-electron chi connectivity index (χ2n) is 6.52. The lowest BCUT2D eigenvalue weighted by Crippen LogP contribution is -2.51. The monoisotopic (exact) mass is 317 g/mol. The van der Waals surface area contributed by atoms with Gasteiger partial charge in [-0.2, -0.15) is 0 Å². The Morgan fingerprint density at radius 3 is 2.61 bits per heavy atom. The molecule has 0 aliphatic carbocycles. The molecule has 0 spiro atoms. The molecule has 1 saturated heterocycles. The highest BCUT2D eigenvalue weighted by Crippen LogP contribution is 2.21. The highest BCUT2D eigenvalue weighted by atomic mass is 16.2. The van der Waals surface area contributed by atoms with Crippen molar-refractivity contribution in [2.45, 2.75) is 58.0 Å². The van der Waals surface area contributed by atoms with Crippen LogP contribution in [0.25, 0.3) is 0 Å². The Hall–Kier alpha value is -1.88. The lowest BCUT2D eigenvalue weighted by atomic mass is 9.96. The van der Waals surface area contributed by atoms with Crippen molar-refractivity contribution in [3.63, 3.8) is 0 Å². The van der Waals surface area contributed by atoms with Gasteiger partial charge in [-0.3, -0.25) is 9.59 Å². The number of carbonyl (C=O) groups excluding carboxylic acids is 2. The lowest BCUT2D eigenvalue weighted by molar-refractivity contribution is -0.126. The normalized spacial score (nSPS) is 17.7. The highest BCUT2D eigenvalue weighted by molar-refractivity contribution is 5.94. The van der Waals surface area contributed by atoms with E-state index in [0.717, 1.165) is 37.1 Å². The number of carbonyl (C=O) groups is 2. The molecule has 1 aliphatic heterocycles. The largest absolute Gasteiger partial charge is 0.350 e. The van der Waals surface area contributed by atoms with Crippen LogP contribution in [0.3, 0.4) is 0 Å². The maximum absolute atomic E-state index is 12.1. The summed E-state index contributed by atoms with van der Waals surface area (Å²) in [6.45, 7) is 5.01. The Labute approximate surface area is 138 Å². The van der Waals surface area contributed by atoms with Crippen molar-refractivity contribution < 1.29 is 9.59 Å². The van der Waals surface area contributed by atoms with Crippen molar-refractivity contribution in [3.05, 3.63) is 29.8 Å². The van der Waals surface area contributed by atoms with Gasteiger partial charge in [-0.25, -0.2) is 0 Å². The van der Waals surface area contributed by atoms with Gasteiger partial charge in [0.2, 0.25) is 11.8 Å². The van der Waals surface area contributed by atoms with Gasteiger partial charge in [0.1, 0.15) is 0 Å². The Morgan fingerprint density at radius 1 is 1.30 bits per heavy atom. The minimum Gasteiger partial charge on any atom is -0.350 e. The van der Waals surface area contributed by atoms with Crippen LogP contribution in [0, 0.1) is 0 Å². The first kappa shape index (κ1) is 17.5. The predicted molar refractivity (Wildman–Crippen MR) is 92.0 cm³/mol. The van der Waals surface area contributed by atoms with Crippen LogP contribution in [-0.2, 0) is 16.1 Å². The fourth-order valence-electron chi connectivity index (χ4n) is 2.89. The van der Waals surface area contributed by atoms with Crippen LogP contribution < -0.4 is 16.0 Å². The standard InChI is InChI=1S/C18H27N3O2/c1-3-11-18(2,19)17(23)20-13-14-7-9-15(10-8-14)21-12-5-4-6-16(21)22/h7-10H,3-6,11-13,19H2,1-2H3,(H,20,23). The first-order valence-corrected chi connectivity index (χ1v) is 8.40. The van der Waals surface area contributed by atoms with E-state index in [-0.39, 0.29) is 11.8 Å². The van der Waals surface area contributed by atoms with Gasteiger partial charge in [-0.1, -0.05) is 25.5 Å². The summed E-state index contributed by atoms with van der Waals surface area (Å²) in [5.74, 6) is 0.0606. The Balaban J connectivity index is 1.92. The smallest absolute Gasteiger partial charge is 0.240 e. The van der Waals surface area contributed by atoms with E-state index in [4.69, 9.17) is 5.73 Å². The number of amides is 2. The fraction of sp³-hybridized carbons (Fsp3) is 0.556. The van der Waals surface area contributed by atoms with E-state index >= 15 is 0 Å². The van der Waals surface area contributed by atoms with Crippen LogP contribution in [-0.4, -0.2) is 23.9 Å². The molecule has 3 N–H and O–H groups in total. The van der Waals surface area contributed by atoms with Crippen molar-refractivity contribution in [1.82, 2.24) is 5.32 Å². The molecule has 1 unspecified atom stereocenters. The second-order valence-corrected chi connectivity index (χ2v) is 6.52. The molecule has 0 radical (unpaired) electrons. The summed E-state index contributed by atoms with van der Waals surface area (Å²) in [4.78, 5) is 25.9. The third kappa shape index (κ3) is 4.55. The van der Waals surface area contributed by atoms with E-state index in [9.17, 15) is 9.59 Å². The molecule has 1 heterocycles. The Morgan fingerprint density at radius 2 is 2.00 bits per heavy atom. The molecule has 5 heteroatoms. The quantitative estimate of drug-likeness (QED) is 0.845. The molecule has 2 amide bonds. The van der Waals surface area contributed by atoms with E-state index in [1.807, 2.05) is 36.1 Å². The van der Waals surface area contributed by atoms with Gasteiger partial charge in [0.05, 0.1) is 5.54 Å². The maximum Gasteiger partial charge on any atom is 0.240 e. The zero-order valence-corrected chi connectivity index (χ0v) is 14.1. The summed E-state index contributed by atoms with van der Waals surface area (Å²) in [6.07, 6.45) is 4.20. The number of nitrogens with one attached hydrogen (secondary N) is 1. The zero-order valence-electron chi connectivity index (χ0n) is 14.1. The number of nitrogens with two attached hydrogens (primary N) is 1. The van der Waals surface area contributed by atoms with Crippen molar-refractivity contribution >= 4 is 17.5 Å². The summed E-state index contributed by atoms with van der Waals surface area (Å²) in [5.41, 5.74) is 7.12. The van der Waals surface area contributed by atoms with Gasteiger partial charge in [0, 0.05) is 25.2 Å². The minimum absolute atomic E-state index is 0.130. The molecule has 2 rings (SSSR count). The van der Waals surface area contributed by atoms with Gasteiger partial charge in [0.25, 0.3) is 0 Å². The predicted octanol–water partition coefficient (Wildman–Crippen LogP) is 2.34. The lowest BCUT2D eigenvalue weighted by Gasteiger charge is -2.27. The topological polar surface area (TPSA) is 75.4 Å². The SMILES string of the molecule is CCCC(C)(N)C(=O)NCc1ccc(N2CCCCC2=O)cc1. The van der Waals surface area contributed by atoms with Crippen LogP contribution in [0.5, 0.6) is 0 Å². The number of rotatable bonds is 6. The molecule has 1 fully saturated rings. The van der Waals surface area contributed by atoms with E-state index in [2.05, 4.69) is 5.32 Å². The number of anilines is 1. The number of benzene rings is 1. The number of hydrogen-bond acceptors (Lipinski definition) is 3. The van der Waals surface area contributed by atoms with E-state index in [0.29, 0.717) is 19.4 Å². The molecular weight excluding hydrogens is 290 g/mol. The summed E-state index contributed by atoms with van der Waals surface area (Å²) in [7, 11) is 0. The molecule has 0 bridgehead atoms.